The van der Waals surface area contributed by atoms with Gasteiger partial charge in [0.2, 0.25) is 5.95 Å². The predicted octanol–water partition coefficient (Wildman–Crippen LogP) is 4.22. The minimum absolute atomic E-state index is 0.0211. The SMILES string of the molecule is CCCOC(=O)N1CCN(c2ccc(Nc3ncc4c(C)c(C(C)=O)c(=O)n(C5CCCC5)c4n3)nc2)CC1. The van der Waals surface area contributed by atoms with Crippen molar-refractivity contribution in [1.29, 1.82) is 0 Å². The number of aromatic nitrogens is 4. The van der Waals surface area contributed by atoms with Crippen LogP contribution < -0.4 is 15.8 Å². The van der Waals surface area contributed by atoms with E-state index in [0.29, 0.717) is 61.1 Å². The maximum atomic E-state index is 13.4. The fourth-order valence-corrected chi connectivity index (χ4v) is 5.50. The second-order valence-corrected chi connectivity index (χ2v) is 10.2. The highest BCUT2D eigenvalue weighted by Gasteiger charge is 2.26. The Bertz CT molecular complexity index is 1420. The van der Waals surface area contributed by atoms with E-state index in [1.807, 2.05) is 19.1 Å². The summed E-state index contributed by atoms with van der Waals surface area (Å²) in [6, 6.07) is 3.85. The summed E-state index contributed by atoms with van der Waals surface area (Å²) in [6.45, 7) is 8.22. The Morgan fingerprint density at radius 2 is 1.82 bits per heavy atom. The molecule has 3 aromatic heterocycles. The summed E-state index contributed by atoms with van der Waals surface area (Å²) in [7, 11) is 0. The molecule has 39 heavy (non-hydrogen) atoms. The molecule has 0 unspecified atom stereocenters. The molecule has 2 aliphatic rings. The van der Waals surface area contributed by atoms with Crippen LogP contribution in [0.1, 0.15) is 67.9 Å². The van der Waals surface area contributed by atoms with Crippen LogP contribution in [0.25, 0.3) is 11.0 Å². The van der Waals surface area contributed by atoms with Gasteiger partial charge in [0, 0.05) is 43.8 Å². The number of Topliss-reactive ketones (excluding diaryl/α,β-unsaturated/α-hetero) is 1. The number of nitrogens with zero attached hydrogens (tertiary/aromatic N) is 6. The molecule has 1 N–H and O–H groups in total. The van der Waals surface area contributed by atoms with Crippen LogP contribution in [0.3, 0.4) is 0 Å². The zero-order valence-electron chi connectivity index (χ0n) is 22.8. The van der Waals surface area contributed by atoms with E-state index in [-0.39, 0.29) is 29.0 Å². The lowest BCUT2D eigenvalue weighted by Crippen LogP contribution is -2.49. The molecule has 0 bridgehead atoms. The number of amides is 1. The number of anilines is 3. The molecule has 11 nitrogen and oxygen atoms in total. The first kappa shape index (κ1) is 26.6. The number of nitrogens with one attached hydrogen (secondary N) is 1. The van der Waals surface area contributed by atoms with Crippen molar-refractivity contribution in [2.45, 2.75) is 58.9 Å². The number of hydrogen-bond donors (Lipinski definition) is 1. The molecule has 4 heterocycles. The number of piperazine rings is 1. The minimum Gasteiger partial charge on any atom is -0.449 e. The number of carbonyl (C=O) groups excluding carboxylic acids is 2. The number of rotatable bonds is 7. The summed E-state index contributed by atoms with van der Waals surface area (Å²) in [4.78, 5) is 55.5. The smallest absolute Gasteiger partial charge is 0.409 e. The van der Waals surface area contributed by atoms with Gasteiger partial charge in [-0.05, 0) is 50.8 Å². The van der Waals surface area contributed by atoms with Crippen LogP contribution in [0.5, 0.6) is 0 Å². The molecule has 0 radical (unpaired) electrons. The van der Waals surface area contributed by atoms with Crippen molar-refractivity contribution in [1.82, 2.24) is 24.4 Å². The van der Waals surface area contributed by atoms with E-state index in [4.69, 9.17) is 9.72 Å². The molecule has 1 saturated heterocycles. The zero-order chi connectivity index (χ0) is 27.5. The van der Waals surface area contributed by atoms with Crippen molar-refractivity contribution < 1.29 is 14.3 Å². The van der Waals surface area contributed by atoms with Crippen LogP contribution >= 0.6 is 0 Å². The Morgan fingerprint density at radius 1 is 1.08 bits per heavy atom. The van der Waals surface area contributed by atoms with E-state index in [1.165, 1.54) is 6.92 Å². The van der Waals surface area contributed by atoms with Crippen molar-refractivity contribution in [3.8, 4) is 0 Å². The van der Waals surface area contributed by atoms with E-state index in [2.05, 4.69) is 20.2 Å². The molecule has 0 atom stereocenters. The molecule has 206 valence electrons. The monoisotopic (exact) mass is 533 g/mol. The topological polar surface area (TPSA) is 123 Å². The first-order valence-electron chi connectivity index (χ1n) is 13.7. The summed E-state index contributed by atoms with van der Waals surface area (Å²) in [5.41, 5.74) is 2.06. The Balaban J connectivity index is 1.34. The van der Waals surface area contributed by atoms with Crippen molar-refractivity contribution in [3.05, 3.63) is 46.0 Å². The number of ketones is 1. The number of fused-ring (bicyclic) bond motifs is 1. The molecular formula is C28H35N7O4. The zero-order valence-corrected chi connectivity index (χ0v) is 22.8. The van der Waals surface area contributed by atoms with Crippen molar-refractivity contribution in [3.63, 3.8) is 0 Å². The van der Waals surface area contributed by atoms with E-state index < -0.39 is 0 Å². The maximum absolute atomic E-state index is 13.4. The van der Waals surface area contributed by atoms with Gasteiger partial charge < -0.3 is 19.9 Å². The Labute approximate surface area is 227 Å². The summed E-state index contributed by atoms with van der Waals surface area (Å²) in [6.07, 6.45) is 7.89. The molecule has 11 heteroatoms. The first-order valence-corrected chi connectivity index (χ1v) is 13.7. The average molecular weight is 534 g/mol. The lowest BCUT2D eigenvalue weighted by atomic mass is 10.0. The standard InChI is InChI=1S/C28H35N7O4/c1-4-15-39-28(38)34-13-11-33(12-14-34)21-9-10-23(29-16-21)31-27-30-17-22-18(2)24(19(3)36)26(37)35(25(22)32-27)20-7-5-6-8-20/h9-10,16-17,20H,4-8,11-15H2,1-3H3,(H,29,30,31,32). The van der Waals surface area contributed by atoms with Gasteiger partial charge in [-0.1, -0.05) is 19.8 Å². The molecule has 1 amide bonds. The fraction of sp³-hybridized carbons (Fsp3) is 0.500. The predicted molar refractivity (Wildman–Crippen MR) is 149 cm³/mol. The molecule has 0 spiro atoms. The second kappa shape index (κ2) is 11.4. The van der Waals surface area contributed by atoms with Gasteiger partial charge in [-0.25, -0.2) is 14.8 Å². The van der Waals surface area contributed by atoms with Crippen molar-refractivity contribution >= 4 is 40.4 Å². The number of hydrogen-bond acceptors (Lipinski definition) is 9. The Hall–Kier alpha value is -4.02. The summed E-state index contributed by atoms with van der Waals surface area (Å²) in [5.74, 6) is 0.672. The van der Waals surface area contributed by atoms with Gasteiger partial charge >= 0.3 is 6.09 Å². The van der Waals surface area contributed by atoms with Crippen molar-refractivity contribution in [2.75, 3.05) is 43.0 Å². The molecular weight excluding hydrogens is 498 g/mol. The van der Waals surface area contributed by atoms with Crippen LogP contribution in [0.2, 0.25) is 0 Å². The lowest BCUT2D eigenvalue weighted by molar-refractivity contribution is 0.0997. The van der Waals surface area contributed by atoms with Gasteiger partial charge in [0.05, 0.1) is 24.1 Å². The van der Waals surface area contributed by atoms with Gasteiger partial charge in [-0.2, -0.15) is 4.98 Å². The van der Waals surface area contributed by atoms with Crippen LogP contribution in [0.4, 0.5) is 22.2 Å². The second-order valence-electron chi connectivity index (χ2n) is 10.2. The summed E-state index contributed by atoms with van der Waals surface area (Å²) >= 11 is 0. The van der Waals surface area contributed by atoms with Gasteiger partial charge in [-0.15, -0.1) is 0 Å². The quantitative estimate of drug-likeness (QED) is 0.445. The first-order chi connectivity index (χ1) is 18.9. The highest BCUT2D eigenvalue weighted by atomic mass is 16.6. The van der Waals surface area contributed by atoms with Crippen LogP contribution in [0.15, 0.2) is 29.3 Å². The number of aryl methyl sites for hydroxylation is 1. The van der Waals surface area contributed by atoms with E-state index in [0.717, 1.165) is 37.8 Å². The van der Waals surface area contributed by atoms with Gasteiger partial charge in [0.15, 0.2) is 5.78 Å². The Kier molecular flexibility index (Phi) is 7.76. The van der Waals surface area contributed by atoms with E-state index >= 15 is 0 Å². The van der Waals surface area contributed by atoms with Crippen molar-refractivity contribution in [2.24, 2.45) is 0 Å². The van der Waals surface area contributed by atoms with Gasteiger partial charge in [-0.3, -0.25) is 14.2 Å². The molecule has 1 aliphatic heterocycles. The number of pyridine rings is 2. The third-order valence-corrected chi connectivity index (χ3v) is 7.57. The van der Waals surface area contributed by atoms with Crippen LogP contribution in [-0.4, -0.2) is 69.1 Å². The highest BCUT2D eigenvalue weighted by Crippen LogP contribution is 2.32. The van der Waals surface area contributed by atoms with E-state index in [1.54, 1.807) is 28.8 Å². The molecule has 3 aromatic rings. The number of carbonyl (C=O) groups is 2. The largest absolute Gasteiger partial charge is 0.449 e. The van der Waals surface area contributed by atoms with Gasteiger partial charge in [0.1, 0.15) is 11.5 Å². The van der Waals surface area contributed by atoms with Crippen LogP contribution in [0, 0.1) is 6.92 Å². The van der Waals surface area contributed by atoms with E-state index in [9.17, 15) is 14.4 Å². The third-order valence-electron chi connectivity index (χ3n) is 7.57. The lowest BCUT2D eigenvalue weighted by Gasteiger charge is -2.35. The Morgan fingerprint density at radius 3 is 2.46 bits per heavy atom. The highest BCUT2D eigenvalue weighted by molar-refractivity contribution is 5.99. The average Bonchev–Trinajstić information content (AvgIpc) is 3.46. The summed E-state index contributed by atoms with van der Waals surface area (Å²) < 4.78 is 6.94. The minimum atomic E-state index is -0.273. The molecule has 1 aliphatic carbocycles. The van der Waals surface area contributed by atoms with Gasteiger partial charge in [0.25, 0.3) is 5.56 Å². The number of ether oxygens (including phenoxy) is 1. The summed E-state index contributed by atoms with van der Waals surface area (Å²) in [5, 5.41) is 3.86. The third kappa shape index (κ3) is 5.43. The normalized spacial score (nSPS) is 16.1. The molecule has 1 saturated carbocycles. The molecule has 0 aromatic carbocycles. The molecule has 2 fully saturated rings. The fourth-order valence-electron chi connectivity index (χ4n) is 5.50. The molecule has 5 rings (SSSR count). The maximum Gasteiger partial charge on any atom is 0.409 e. The van der Waals surface area contributed by atoms with Crippen LogP contribution in [-0.2, 0) is 4.74 Å².